The Morgan fingerprint density at radius 3 is 2.36 bits per heavy atom. The molecule has 0 spiro atoms. The first-order valence-corrected chi connectivity index (χ1v) is 9.98. The summed E-state index contributed by atoms with van der Waals surface area (Å²) in [5.74, 6) is -0.903. The van der Waals surface area contributed by atoms with E-state index in [1.165, 1.54) is 12.1 Å². The first-order chi connectivity index (χ1) is 12.9. The summed E-state index contributed by atoms with van der Waals surface area (Å²) >= 11 is 0. The molecule has 1 aliphatic heterocycles. The molecule has 2 rings (SSSR count). The van der Waals surface area contributed by atoms with Gasteiger partial charge in [0.05, 0.1) is 25.2 Å². The lowest BCUT2D eigenvalue weighted by Gasteiger charge is -2.32. The number of esters is 1. The van der Waals surface area contributed by atoms with Crippen molar-refractivity contribution in [3.05, 3.63) is 29.8 Å². The van der Waals surface area contributed by atoms with Crippen molar-refractivity contribution in [3.8, 4) is 0 Å². The second-order valence-electron chi connectivity index (χ2n) is 7.46. The molecule has 1 heterocycles. The van der Waals surface area contributed by atoms with Crippen LogP contribution in [0.15, 0.2) is 29.2 Å². The van der Waals surface area contributed by atoms with Gasteiger partial charge in [0.15, 0.2) is 5.54 Å². The van der Waals surface area contributed by atoms with Crippen LogP contribution in [-0.4, -0.2) is 58.0 Å². The van der Waals surface area contributed by atoms with Gasteiger partial charge in [-0.3, -0.25) is 4.18 Å². The summed E-state index contributed by atoms with van der Waals surface area (Å²) in [5, 5.41) is 2.38. The van der Waals surface area contributed by atoms with Gasteiger partial charge in [-0.1, -0.05) is 17.7 Å². The molecule has 1 fully saturated rings. The fraction of sp³-hybridized carbons (Fsp3) is 0.556. The number of rotatable bonds is 5. The molecule has 1 aliphatic rings. The predicted octanol–water partition coefficient (Wildman–Crippen LogP) is 1.54. The minimum atomic E-state index is -4.22. The van der Waals surface area contributed by atoms with E-state index in [-0.39, 0.29) is 18.1 Å². The van der Waals surface area contributed by atoms with Crippen molar-refractivity contribution in [1.82, 2.24) is 5.32 Å². The number of aryl methyl sites for hydroxylation is 1. The van der Waals surface area contributed by atoms with Crippen LogP contribution in [0.3, 0.4) is 0 Å². The van der Waals surface area contributed by atoms with Crippen molar-refractivity contribution in [2.75, 3.05) is 20.3 Å². The van der Waals surface area contributed by atoms with Crippen molar-refractivity contribution in [1.29, 1.82) is 0 Å². The number of carbonyl (C=O) groups excluding carboxylic acids is 2. The van der Waals surface area contributed by atoms with Crippen molar-refractivity contribution in [2.45, 2.75) is 49.8 Å². The number of methoxy groups -OCH3 is 1. The van der Waals surface area contributed by atoms with Crippen molar-refractivity contribution < 1.29 is 36.4 Å². The Hall–Kier alpha value is -2.17. The van der Waals surface area contributed by atoms with E-state index < -0.39 is 39.4 Å². The standard InChI is InChI=1S/C18H25NO8S/c1-12-6-8-13(9-7-12)28(22,23)27-14-10-25-11-18(14,15(20)24-5)19-16(21)26-17(2,3)4/h6-9,14H,10-11H2,1-5H3,(H,19,21)/t14-,18+/m0/s1. The fourth-order valence-electron chi connectivity index (χ4n) is 2.61. The number of hydrogen-bond donors (Lipinski definition) is 1. The van der Waals surface area contributed by atoms with Gasteiger partial charge in [0.2, 0.25) is 0 Å². The number of ether oxygens (including phenoxy) is 3. The van der Waals surface area contributed by atoms with Crippen LogP contribution in [0, 0.1) is 6.92 Å². The number of nitrogens with one attached hydrogen (secondary N) is 1. The Morgan fingerprint density at radius 2 is 1.82 bits per heavy atom. The lowest BCUT2D eigenvalue weighted by Crippen LogP contribution is -2.63. The third kappa shape index (κ3) is 5.00. The number of amides is 1. The van der Waals surface area contributed by atoms with E-state index in [1.807, 2.05) is 6.92 Å². The van der Waals surface area contributed by atoms with E-state index in [1.54, 1.807) is 32.9 Å². The molecule has 0 saturated carbocycles. The van der Waals surface area contributed by atoms with Crippen LogP contribution in [0.1, 0.15) is 26.3 Å². The van der Waals surface area contributed by atoms with Gasteiger partial charge in [-0.2, -0.15) is 8.42 Å². The molecule has 2 atom stereocenters. The third-order valence-corrected chi connectivity index (χ3v) is 5.31. The highest BCUT2D eigenvalue weighted by Crippen LogP contribution is 2.28. The first kappa shape index (κ1) is 22.1. The van der Waals surface area contributed by atoms with Crippen molar-refractivity contribution in [3.63, 3.8) is 0 Å². The van der Waals surface area contributed by atoms with Crippen LogP contribution in [0.4, 0.5) is 4.79 Å². The van der Waals surface area contributed by atoms with Gasteiger partial charge in [-0.15, -0.1) is 0 Å². The van der Waals surface area contributed by atoms with Crippen LogP contribution >= 0.6 is 0 Å². The molecule has 0 unspecified atom stereocenters. The summed E-state index contributed by atoms with van der Waals surface area (Å²) in [5.41, 5.74) is -1.82. The SMILES string of the molecule is COC(=O)[C@@]1(NC(=O)OC(C)(C)C)COC[C@@H]1OS(=O)(=O)c1ccc(C)cc1. The molecule has 0 aromatic heterocycles. The summed E-state index contributed by atoms with van der Waals surface area (Å²) in [6.07, 6.45) is -2.26. The number of hydrogen-bond acceptors (Lipinski definition) is 8. The minimum absolute atomic E-state index is 0.0824. The molecular weight excluding hydrogens is 390 g/mol. The first-order valence-electron chi connectivity index (χ1n) is 8.57. The van der Waals surface area contributed by atoms with E-state index in [2.05, 4.69) is 5.32 Å². The molecule has 1 saturated heterocycles. The lowest BCUT2D eigenvalue weighted by molar-refractivity contribution is -0.151. The summed E-state index contributed by atoms with van der Waals surface area (Å²) < 4.78 is 45.8. The molecule has 1 aromatic rings. The van der Waals surface area contributed by atoms with E-state index in [9.17, 15) is 18.0 Å². The molecule has 10 heteroatoms. The van der Waals surface area contributed by atoms with E-state index >= 15 is 0 Å². The normalized spacial score (nSPS) is 22.5. The lowest BCUT2D eigenvalue weighted by atomic mass is 9.96. The van der Waals surface area contributed by atoms with Gasteiger partial charge in [0.1, 0.15) is 11.7 Å². The van der Waals surface area contributed by atoms with Crippen molar-refractivity contribution in [2.24, 2.45) is 0 Å². The van der Waals surface area contributed by atoms with Gasteiger partial charge in [0, 0.05) is 0 Å². The molecule has 0 radical (unpaired) electrons. The molecule has 0 bridgehead atoms. The molecule has 1 amide bonds. The molecular formula is C18H25NO8S. The number of benzene rings is 1. The zero-order valence-corrected chi connectivity index (χ0v) is 17.3. The Labute approximate surface area is 164 Å². The largest absolute Gasteiger partial charge is 0.467 e. The van der Waals surface area contributed by atoms with Crippen LogP contribution in [0.2, 0.25) is 0 Å². The van der Waals surface area contributed by atoms with Crippen LogP contribution in [-0.2, 0) is 33.3 Å². The number of carbonyl (C=O) groups is 2. The van der Waals surface area contributed by atoms with Crippen LogP contribution in [0.5, 0.6) is 0 Å². The maximum absolute atomic E-state index is 12.6. The Bertz CT molecular complexity index is 828. The fourth-order valence-corrected chi connectivity index (χ4v) is 3.72. The Morgan fingerprint density at radius 1 is 1.21 bits per heavy atom. The average molecular weight is 415 g/mol. The highest BCUT2D eigenvalue weighted by atomic mass is 32.2. The summed E-state index contributed by atoms with van der Waals surface area (Å²) in [6.45, 7) is 6.20. The van der Waals surface area contributed by atoms with E-state index in [4.69, 9.17) is 18.4 Å². The smallest absolute Gasteiger partial charge is 0.408 e. The average Bonchev–Trinajstić information content (AvgIpc) is 2.95. The summed E-state index contributed by atoms with van der Waals surface area (Å²) in [4.78, 5) is 24.6. The highest BCUT2D eigenvalue weighted by Gasteiger charge is 2.56. The Kier molecular flexibility index (Phi) is 6.37. The maximum atomic E-state index is 12.6. The number of alkyl carbamates (subject to hydrolysis) is 1. The quantitative estimate of drug-likeness (QED) is 0.568. The van der Waals surface area contributed by atoms with Gasteiger partial charge < -0.3 is 19.5 Å². The maximum Gasteiger partial charge on any atom is 0.408 e. The van der Waals surface area contributed by atoms with Gasteiger partial charge in [-0.05, 0) is 39.8 Å². The molecule has 1 N–H and O–H groups in total. The zero-order chi connectivity index (χ0) is 21.2. The van der Waals surface area contributed by atoms with Crippen LogP contribution in [0.25, 0.3) is 0 Å². The van der Waals surface area contributed by atoms with E-state index in [0.717, 1.165) is 12.7 Å². The van der Waals surface area contributed by atoms with Gasteiger partial charge in [-0.25, -0.2) is 9.59 Å². The summed E-state index contributed by atoms with van der Waals surface area (Å²) in [6, 6.07) is 6.02. The monoisotopic (exact) mass is 415 g/mol. The molecule has 9 nitrogen and oxygen atoms in total. The minimum Gasteiger partial charge on any atom is -0.467 e. The van der Waals surface area contributed by atoms with Gasteiger partial charge >= 0.3 is 12.1 Å². The topological polar surface area (TPSA) is 117 Å². The zero-order valence-electron chi connectivity index (χ0n) is 16.5. The highest BCUT2D eigenvalue weighted by molar-refractivity contribution is 7.86. The van der Waals surface area contributed by atoms with E-state index in [0.29, 0.717) is 0 Å². The third-order valence-electron chi connectivity index (χ3n) is 3.97. The summed E-state index contributed by atoms with van der Waals surface area (Å²) in [7, 11) is -3.11. The molecule has 0 aliphatic carbocycles. The predicted molar refractivity (Wildman–Crippen MR) is 98.2 cm³/mol. The molecule has 28 heavy (non-hydrogen) atoms. The molecule has 1 aromatic carbocycles. The Balaban J connectivity index is 2.31. The van der Waals surface area contributed by atoms with Gasteiger partial charge in [0.25, 0.3) is 10.1 Å². The van der Waals surface area contributed by atoms with Crippen molar-refractivity contribution >= 4 is 22.2 Å². The second kappa shape index (κ2) is 8.06. The molecule has 156 valence electrons. The van der Waals surface area contributed by atoms with Crippen LogP contribution < -0.4 is 5.32 Å². The second-order valence-corrected chi connectivity index (χ2v) is 9.03.